The minimum absolute atomic E-state index is 0.0821. The van der Waals surface area contributed by atoms with Crippen LogP contribution >= 0.6 is 11.3 Å². The molecule has 1 saturated heterocycles. The van der Waals surface area contributed by atoms with Gasteiger partial charge in [-0.05, 0) is 31.7 Å². The number of imide groups is 1. The van der Waals surface area contributed by atoms with Gasteiger partial charge in [0.2, 0.25) is 11.8 Å². The highest BCUT2D eigenvalue weighted by atomic mass is 32.1. The van der Waals surface area contributed by atoms with E-state index < -0.39 is 0 Å². The van der Waals surface area contributed by atoms with Crippen molar-refractivity contribution >= 4 is 29.1 Å². The van der Waals surface area contributed by atoms with Crippen molar-refractivity contribution in [1.29, 1.82) is 0 Å². The van der Waals surface area contributed by atoms with Gasteiger partial charge in [-0.2, -0.15) is 0 Å². The van der Waals surface area contributed by atoms with Gasteiger partial charge in [0.05, 0.1) is 12.6 Å². The van der Waals surface area contributed by atoms with E-state index in [4.69, 9.17) is 0 Å². The van der Waals surface area contributed by atoms with Crippen molar-refractivity contribution in [2.45, 2.75) is 39.2 Å². The van der Waals surface area contributed by atoms with Gasteiger partial charge in [-0.15, -0.1) is 11.3 Å². The number of carbonyl (C=O) groups excluding carboxylic acids is 2. The van der Waals surface area contributed by atoms with Crippen LogP contribution in [0.15, 0.2) is 22.5 Å². The number of piperidine rings is 1. The number of nitrogens with zero attached hydrogens (tertiary/aromatic N) is 2. The Bertz CT molecular complexity index is 540. The van der Waals surface area contributed by atoms with Crippen molar-refractivity contribution in [2.75, 3.05) is 19.6 Å². The van der Waals surface area contributed by atoms with Gasteiger partial charge >= 0.3 is 0 Å². The van der Waals surface area contributed by atoms with E-state index in [0.29, 0.717) is 38.3 Å². The molecule has 1 atom stereocenters. The number of likely N-dealkylation sites (tertiary alicyclic amines) is 1. The SMILES string of the molecule is CCNC(=NCCN1C(=O)CCCC1=O)NC(C)c1cccs1. The Hall–Kier alpha value is -1.89. The molecule has 0 aromatic carbocycles. The summed E-state index contributed by atoms with van der Waals surface area (Å²) in [6, 6.07) is 4.26. The van der Waals surface area contributed by atoms with Gasteiger partial charge in [0, 0.05) is 30.8 Å². The Morgan fingerprint density at radius 3 is 2.74 bits per heavy atom. The lowest BCUT2D eigenvalue weighted by Crippen LogP contribution is -2.42. The van der Waals surface area contributed by atoms with Gasteiger partial charge in [-0.1, -0.05) is 6.07 Å². The molecule has 0 aliphatic carbocycles. The summed E-state index contributed by atoms with van der Waals surface area (Å²) in [4.78, 5) is 30.6. The van der Waals surface area contributed by atoms with E-state index in [1.54, 1.807) is 11.3 Å². The molecule has 2 N–H and O–H groups in total. The Labute approximate surface area is 141 Å². The molecule has 23 heavy (non-hydrogen) atoms. The lowest BCUT2D eigenvalue weighted by Gasteiger charge is -2.24. The molecule has 2 amide bonds. The van der Waals surface area contributed by atoms with Gasteiger partial charge in [0.15, 0.2) is 5.96 Å². The number of aliphatic imine (C=N–C) groups is 1. The van der Waals surface area contributed by atoms with Crippen LogP contribution in [0, 0.1) is 0 Å². The minimum Gasteiger partial charge on any atom is -0.357 e. The highest BCUT2D eigenvalue weighted by Crippen LogP contribution is 2.17. The molecule has 0 saturated carbocycles. The average Bonchev–Trinajstić information content (AvgIpc) is 3.04. The van der Waals surface area contributed by atoms with E-state index in [0.717, 1.165) is 6.54 Å². The summed E-state index contributed by atoms with van der Waals surface area (Å²) in [6.07, 6.45) is 1.59. The molecule has 1 fully saturated rings. The summed E-state index contributed by atoms with van der Waals surface area (Å²) in [5.74, 6) is 0.535. The fourth-order valence-electron chi connectivity index (χ4n) is 2.44. The smallest absolute Gasteiger partial charge is 0.229 e. The third-order valence-electron chi connectivity index (χ3n) is 3.64. The molecular formula is C16H24N4O2S. The summed E-state index contributed by atoms with van der Waals surface area (Å²) in [7, 11) is 0. The Morgan fingerprint density at radius 1 is 1.39 bits per heavy atom. The van der Waals surface area contributed by atoms with Crippen molar-refractivity contribution in [3.63, 3.8) is 0 Å². The standard InChI is InChI=1S/C16H24N4O2S/c1-3-17-16(19-12(2)13-6-5-11-23-13)18-9-10-20-14(21)7-4-8-15(20)22/h5-6,11-12H,3-4,7-10H2,1-2H3,(H2,17,18,19). The molecule has 0 bridgehead atoms. The monoisotopic (exact) mass is 336 g/mol. The number of amides is 2. The maximum absolute atomic E-state index is 11.8. The lowest BCUT2D eigenvalue weighted by atomic mass is 10.1. The molecular weight excluding hydrogens is 312 g/mol. The van der Waals surface area contributed by atoms with E-state index in [1.807, 2.05) is 18.4 Å². The zero-order chi connectivity index (χ0) is 16.7. The third-order valence-corrected chi connectivity index (χ3v) is 4.70. The second kappa shape index (κ2) is 8.67. The van der Waals surface area contributed by atoms with E-state index in [9.17, 15) is 9.59 Å². The fraction of sp³-hybridized carbons (Fsp3) is 0.562. The largest absolute Gasteiger partial charge is 0.357 e. The summed E-state index contributed by atoms with van der Waals surface area (Å²) in [5, 5.41) is 8.58. The predicted octanol–water partition coefficient (Wildman–Crippen LogP) is 1.90. The number of carbonyl (C=O) groups is 2. The first kappa shape index (κ1) is 17.5. The Kier molecular flexibility index (Phi) is 6.58. The average molecular weight is 336 g/mol. The zero-order valence-corrected chi connectivity index (χ0v) is 14.5. The zero-order valence-electron chi connectivity index (χ0n) is 13.7. The predicted molar refractivity (Wildman–Crippen MR) is 92.4 cm³/mol. The highest BCUT2D eigenvalue weighted by molar-refractivity contribution is 7.10. The maximum atomic E-state index is 11.8. The van der Waals surface area contributed by atoms with Crippen LogP contribution in [-0.2, 0) is 9.59 Å². The lowest BCUT2D eigenvalue weighted by molar-refractivity contribution is -0.147. The molecule has 1 aliphatic rings. The molecule has 0 spiro atoms. The van der Waals surface area contributed by atoms with Crippen molar-refractivity contribution in [3.05, 3.63) is 22.4 Å². The number of hydrogen-bond acceptors (Lipinski definition) is 4. The second-order valence-electron chi connectivity index (χ2n) is 5.43. The summed E-state index contributed by atoms with van der Waals surface area (Å²) < 4.78 is 0. The van der Waals surface area contributed by atoms with Gasteiger partial charge in [0.1, 0.15) is 0 Å². The van der Waals surface area contributed by atoms with Crippen molar-refractivity contribution in [1.82, 2.24) is 15.5 Å². The number of nitrogens with one attached hydrogen (secondary N) is 2. The van der Waals surface area contributed by atoms with Crippen molar-refractivity contribution in [3.8, 4) is 0 Å². The second-order valence-corrected chi connectivity index (χ2v) is 6.41. The fourth-order valence-corrected chi connectivity index (χ4v) is 3.18. The van der Waals surface area contributed by atoms with Crippen LogP contribution in [0.25, 0.3) is 0 Å². The highest BCUT2D eigenvalue weighted by Gasteiger charge is 2.25. The summed E-state index contributed by atoms with van der Waals surface area (Å²) >= 11 is 1.70. The van der Waals surface area contributed by atoms with Crippen LogP contribution in [0.1, 0.15) is 44.0 Å². The van der Waals surface area contributed by atoms with Crippen LogP contribution in [0.4, 0.5) is 0 Å². The third kappa shape index (κ3) is 5.06. The number of hydrogen-bond donors (Lipinski definition) is 2. The van der Waals surface area contributed by atoms with Gasteiger partial charge < -0.3 is 10.6 Å². The molecule has 6 nitrogen and oxygen atoms in total. The maximum Gasteiger partial charge on any atom is 0.229 e. The van der Waals surface area contributed by atoms with E-state index >= 15 is 0 Å². The van der Waals surface area contributed by atoms with Crippen LogP contribution in [0.2, 0.25) is 0 Å². The number of rotatable bonds is 6. The molecule has 1 aromatic heterocycles. The van der Waals surface area contributed by atoms with Crippen LogP contribution in [0.3, 0.4) is 0 Å². The molecule has 1 unspecified atom stereocenters. The quantitative estimate of drug-likeness (QED) is 0.473. The minimum atomic E-state index is -0.0821. The Balaban J connectivity index is 1.90. The van der Waals surface area contributed by atoms with E-state index in [1.165, 1.54) is 9.78 Å². The van der Waals surface area contributed by atoms with E-state index in [2.05, 4.69) is 28.6 Å². The summed E-state index contributed by atoms with van der Waals surface area (Å²) in [6.45, 7) is 5.59. The topological polar surface area (TPSA) is 73.8 Å². The molecule has 2 heterocycles. The molecule has 126 valence electrons. The normalized spacial score (nSPS) is 17.3. The molecule has 1 aromatic rings. The first-order valence-corrected chi connectivity index (χ1v) is 8.91. The summed E-state index contributed by atoms with van der Waals surface area (Å²) in [5.41, 5.74) is 0. The molecule has 1 aliphatic heterocycles. The molecule has 2 rings (SSSR count). The first-order valence-electron chi connectivity index (χ1n) is 8.03. The number of thiophene rings is 1. The van der Waals surface area contributed by atoms with Gasteiger partial charge in [0.25, 0.3) is 0 Å². The van der Waals surface area contributed by atoms with Crippen LogP contribution in [-0.4, -0.2) is 42.3 Å². The van der Waals surface area contributed by atoms with Gasteiger partial charge in [-0.3, -0.25) is 19.5 Å². The van der Waals surface area contributed by atoms with Crippen molar-refractivity contribution in [2.24, 2.45) is 4.99 Å². The van der Waals surface area contributed by atoms with Gasteiger partial charge in [-0.25, -0.2) is 0 Å². The van der Waals surface area contributed by atoms with Crippen molar-refractivity contribution < 1.29 is 9.59 Å². The molecule has 0 radical (unpaired) electrons. The Morgan fingerprint density at radius 2 is 2.13 bits per heavy atom. The van der Waals surface area contributed by atoms with Crippen LogP contribution in [0.5, 0.6) is 0 Å². The van der Waals surface area contributed by atoms with E-state index in [-0.39, 0.29) is 17.9 Å². The molecule has 7 heteroatoms. The van der Waals surface area contributed by atoms with Crippen LogP contribution < -0.4 is 10.6 Å². The first-order chi connectivity index (χ1) is 11.1. The number of guanidine groups is 1.